The Bertz CT molecular complexity index is 130. The summed E-state index contributed by atoms with van der Waals surface area (Å²) in [6.45, 7) is 2.30. The molecule has 1 heterocycles. The largest absolute Gasteiger partial charge is 0.187 e. The van der Waals surface area contributed by atoms with Gasteiger partial charge in [-0.05, 0) is 57.7 Å². The van der Waals surface area contributed by atoms with Crippen LogP contribution in [0.3, 0.4) is 0 Å². The third-order valence-corrected chi connectivity index (χ3v) is 9.91. The van der Waals surface area contributed by atoms with Crippen molar-refractivity contribution in [1.82, 2.24) is 0 Å². The number of hydrogen-bond acceptors (Lipinski definition) is 0. The van der Waals surface area contributed by atoms with E-state index in [-0.39, 0.29) is 7.20 Å². The second-order valence-corrected chi connectivity index (χ2v) is 12.9. The molecule has 0 bridgehead atoms. The van der Waals surface area contributed by atoms with Crippen molar-refractivity contribution < 1.29 is 0 Å². The summed E-state index contributed by atoms with van der Waals surface area (Å²) in [6, 6.07) is 0. The number of hydrogen-bond donors (Lipinski definition) is 0. The van der Waals surface area contributed by atoms with Crippen LogP contribution in [0.25, 0.3) is 0 Å². The molecule has 13 heavy (non-hydrogen) atoms. The molecule has 1 aliphatic heterocycles. The Morgan fingerprint density at radius 3 is 2.31 bits per heavy atom. The van der Waals surface area contributed by atoms with Gasteiger partial charge in [-0.15, -0.1) is 0 Å². The SMILES string of the molecule is CCCCCCS1(I)CCCCC1. The van der Waals surface area contributed by atoms with Crippen molar-refractivity contribution >= 4 is 28.4 Å². The molecule has 0 nitrogen and oxygen atoms in total. The van der Waals surface area contributed by atoms with Gasteiger partial charge in [-0.3, -0.25) is 0 Å². The maximum Gasteiger partial charge on any atom is -0.0144 e. The first kappa shape index (κ1) is 12.2. The molecule has 0 radical (unpaired) electrons. The van der Waals surface area contributed by atoms with Crippen LogP contribution in [-0.2, 0) is 0 Å². The number of halogens is 1. The summed E-state index contributed by atoms with van der Waals surface area (Å²) in [5, 5.41) is 0. The van der Waals surface area contributed by atoms with Gasteiger partial charge in [-0.25, -0.2) is 0 Å². The summed E-state index contributed by atoms with van der Waals surface area (Å²) < 4.78 is 0. The third-order valence-electron chi connectivity index (χ3n) is 2.88. The summed E-state index contributed by atoms with van der Waals surface area (Å²) in [5.41, 5.74) is 0. The van der Waals surface area contributed by atoms with Gasteiger partial charge in [0.2, 0.25) is 0 Å². The zero-order valence-corrected chi connectivity index (χ0v) is 11.8. The van der Waals surface area contributed by atoms with Crippen LogP contribution in [0.1, 0.15) is 51.9 Å². The van der Waals surface area contributed by atoms with Gasteiger partial charge in [0.05, 0.1) is 0 Å². The Kier molecular flexibility index (Phi) is 6.12. The molecule has 80 valence electrons. The van der Waals surface area contributed by atoms with E-state index in [0.717, 1.165) is 0 Å². The first-order chi connectivity index (χ1) is 6.27. The van der Waals surface area contributed by atoms with E-state index in [0.29, 0.717) is 0 Å². The van der Waals surface area contributed by atoms with Gasteiger partial charge in [-0.1, -0.05) is 32.6 Å². The fourth-order valence-corrected chi connectivity index (χ4v) is 7.57. The van der Waals surface area contributed by atoms with Crippen LogP contribution in [0.15, 0.2) is 0 Å². The van der Waals surface area contributed by atoms with E-state index in [1.165, 1.54) is 44.9 Å². The van der Waals surface area contributed by atoms with Gasteiger partial charge in [0.1, 0.15) is 0 Å². The lowest BCUT2D eigenvalue weighted by molar-refractivity contribution is 0.700. The minimum atomic E-state index is -0.151. The van der Waals surface area contributed by atoms with Crippen LogP contribution in [0.4, 0.5) is 0 Å². The van der Waals surface area contributed by atoms with Crippen LogP contribution in [0.2, 0.25) is 0 Å². The zero-order valence-electron chi connectivity index (χ0n) is 8.86. The monoisotopic (exact) mass is 314 g/mol. The summed E-state index contributed by atoms with van der Waals surface area (Å²) in [4.78, 5) is 0. The van der Waals surface area contributed by atoms with Crippen LogP contribution in [0.5, 0.6) is 0 Å². The lowest BCUT2D eigenvalue weighted by atomic mass is 10.2. The van der Waals surface area contributed by atoms with Crippen LogP contribution in [0, 0.1) is 0 Å². The highest BCUT2D eigenvalue weighted by molar-refractivity contribution is 14.2. The van der Waals surface area contributed by atoms with Gasteiger partial charge < -0.3 is 0 Å². The molecule has 2 heteroatoms. The number of rotatable bonds is 5. The molecule has 0 saturated carbocycles. The van der Waals surface area contributed by atoms with Gasteiger partial charge >= 0.3 is 0 Å². The topological polar surface area (TPSA) is 0 Å². The highest BCUT2D eigenvalue weighted by atomic mass is 127. The quantitative estimate of drug-likeness (QED) is 0.500. The van der Waals surface area contributed by atoms with E-state index in [1.807, 2.05) is 0 Å². The maximum absolute atomic E-state index is 2.83. The van der Waals surface area contributed by atoms with E-state index >= 15 is 0 Å². The van der Waals surface area contributed by atoms with Crippen molar-refractivity contribution in [2.45, 2.75) is 51.9 Å². The molecule has 0 N–H and O–H groups in total. The molecular weight excluding hydrogens is 291 g/mol. The van der Waals surface area contributed by atoms with E-state index < -0.39 is 0 Å². The van der Waals surface area contributed by atoms with Crippen molar-refractivity contribution in [3.05, 3.63) is 0 Å². The molecule has 0 aromatic carbocycles. The van der Waals surface area contributed by atoms with E-state index in [9.17, 15) is 0 Å². The molecule has 0 atom stereocenters. The van der Waals surface area contributed by atoms with Crippen molar-refractivity contribution in [1.29, 1.82) is 0 Å². The molecule has 0 aliphatic carbocycles. The van der Waals surface area contributed by atoms with Crippen molar-refractivity contribution in [2.24, 2.45) is 0 Å². The second-order valence-electron chi connectivity index (χ2n) is 4.17. The molecular formula is C11H23IS. The molecule has 1 aliphatic rings. The molecule has 1 saturated heterocycles. The summed E-state index contributed by atoms with van der Waals surface area (Å²) in [6.07, 6.45) is 10.4. The maximum atomic E-state index is 2.83. The van der Waals surface area contributed by atoms with Crippen molar-refractivity contribution in [2.75, 3.05) is 17.3 Å². The lowest BCUT2D eigenvalue weighted by Gasteiger charge is -2.37. The van der Waals surface area contributed by atoms with E-state index in [1.54, 1.807) is 17.3 Å². The van der Waals surface area contributed by atoms with Crippen LogP contribution in [-0.4, -0.2) is 17.3 Å². The average Bonchev–Trinajstić information content (AvgIpc) is 2.14. The molecule has 0 aromatic rings. The lowest BCUT2D eigenvalue weighted by Crippen LogP contribution is -2.12. The summed E-state index contributed by atoms with van der Waals surface area (Å²) in [7, 11) is -0.151. The molecule has 0 aromatic heterocycles. The van der Waals surface area contributed by atoms with Crippen LogP contribution < -0.4 is 0 Å². The Hall–Kier alpha value is 1.08. The third kappa shape index (κ3) is 4.91. The molecule has 1 fully saturated rings. The summed E-state index contributed by atoms with van der Waals surface area (Å²) >= 11 is 2.83. The van der Waals surface area contributed by atoms with Gasteiger partial charge in [-0.2, -0.15) is 7.20 Å². The molecule has 0 spiro atoms. The van der Waals surface area contributed by atoms with E-state index in [2.05, 4.69) is 28.1 Å². The Morgan fingerprint density at radius 1 is 1.00 bits per heavy atom. The summed E-state index contributed by atoms with van der Waals surface area (Å²) in [5.74, 6) is 4.70. The Labute approximate surface area is 97.2 Å². The minimum absolute atomic E-state index is 0.151. The minimum Gasteiger partial charge on any atom is -0.187 e. The van der Waals surface area contributed by atoms with Gasteiger partial charge in [0.25, 0.3) is 0 Å². The van der Waals surface area contributed by atoms with Crippen LogP contribution >= 0.6 is 28.4 Å². The predicted octanol–water partition coefficient (Wildman–Crippen LogP) is 4.91. The first-order valence-corrected chi connectivity index (χ1v) is 10.4. The van der Waals surface area contributed by atoms with Gasteiger partial charge in [0, 0.05) is 0 Å². The highest BCUT2D eigenvalue weighted by Crippen LogP contribution is 2.60. The molecule has 0 amide bonds. The van der Waals surface area contributed by atoms with Crippen molar-refractivity contribution in [3.8, 4) is 0 Å². The fraction of sp³-hybridized carbons (Fsp3) is 1.00. The number of unbranched alkanes of at least 4 members (excludes halogenated alkanes) is 3. The predicted molar refractivity (Wildman–Crippen MR) is 74.2 cm³/mol. The highest BCUT2D eigenvalue weighted by Gasteiger charge is 2.22. The van der Waals surface area contributed by atoms with Crippen molar-refractivity contribution in [3.63, 3.8) is 0 Å². The normalized spacial score (nSPS) is 24.2. The zero-order chi connectivity index (χ0) is 9.57. The molecule has 1 rings (SSSR count). The first-order valence-electron chi connectivity index (χ1n) is 5.73. The Morgan fingerprint density at radius 2 is 1.69 bits per heavy atom. The second kappa shape index (κ2) is 6.54. The fourth-order valence-electron chi connectivity index (χ4n) is 1.99. The van der Waals surface area contributed by atoms with E-state index in [4.69, 9.17) is 0 Å². The smallest absolute Gasteiger partial charge is 0.0144 e. The van der Waals surface area contributed by atoms with Gasteiger partial charge in [0.15, 0.2) is 0 Å². The Balaban J connectivity index is 2.10. The standard InChI is InChI=1S/C11H23IS/c1-2-3-4-6-9-13(12)10-7-5-8-11-13/h2-11H2,1H3. The average molecular weight is 314 g/mol. The molecule has 0 unspecified atom stereocenters.